The standard InChI is InChI=1S/C19H25F2NO5/c1-18(2,3)15(22-17(25)27-19(4,5)6)16(24)26-10-14(23)12-9-11(20)7-8-13(12)21/h7-9,15H,10H2,1-6H3,(H,22,25)/t15-/m0/s1. The molecule has 0 radical (unpaired) electrons. The van der Waals surface area contributed by atoms with Gasteiger partial charge in [-0.05, 0) is 44.4 Å². The van der Waals surface area contributed by atoms with E-state index >= 15 is 0 Å². The van der Waals surface area contributed by atoms with Gasteiger partial charge >= 0.3 is 12.1 Å². The Morgan fingerprint density at radius 2 is 1.67 bits per heavy atom. The molecule has 0 saturated carbocycles. The number of rotatable bonds is 5. The molecule has 1 N–H and O–H groups in total. The van der Waals surface area contributed by atoms with Gasteiger partial charge in [-0.25, -0.2) is 18.4 Å². The highest BCUT2D eigenvalue weighted by molar-refractivity contribution is 5.98. The topological polar surface area (TPSA) is 81.7 Å². The van der Waals surface area contributed by atoms with E-state index in [0.29, 0.717) is 0 Å². The van der Waals surface area contributed by atoms with Gasteiger partial charge in [0.15, 0.2) is 6.61 Å². The minimum atomic E-state index is -1.11. The van der Waals surface area contributed by atoms with E-state index in [9.17, 15) is 23.2 Å². The van der Waals surface area contributed by atoms with Crippen molar-refractivity contribution in [3.8, 4) is 0 Å². The second-order valence-electron chi connectivity index (χ2n) is 8.10. The first-order valence-corrected chi connectivity index (χ1v) is 8.35. The summed E-state index contributed by atoms with van der Waals surface area (Å²) in [6.45, 7) is 9.27. The van der Waals surface area contributed by atoms with Gasteiger partial charge in [-0.3, -0.25) is 4.79 Å². The lowest BCUT2D eigenvalue weighted by Gasteiger charge is -2.30. The van der Waals surface area contributed by atoms with E-state index < -0.39 is 58.7 Å². The SMILES string of the molecule is CC(C)(C)OC(=O)N[C@@H](C(=O)OCC(=O)c1cc(F)ccc1F)C(C)(C)C. The van der Waals surface area contributed by atoms with Crippen LogP contribution >= 0.6 is 0 Å². The molecular formula is C19H25F2NO5. The Morgan fingerprint density at radius 3 is 2.19 bits per heavy atom. The Bertz CT molecular complexity index is 720. The molecule has 1 aromatic rings. The normalized spacial score (nSPS) is 12.9. The number of benzene rings is 1. The summed E-state index contributed by atoms with van der Waals surface area (Å²) in [6.07, 6.45) is -0.818. The van der Waals surface area contributed by atoms with Crippen LogP contribution in [0.3, 0.4) is 0 Å². The molecule has 0 aliphatic carbocycles. The van der Waals surface area contributed by atoms with Gasteiger partial charge in [-0.2, -0.15) is 0 Å². The van der Waals surface area contributed by atoms with Gasteiger partial charge in [-0.15, -0.1) is 0 Å². The lowest BCUT2D eigenvalue weighted by Crippen LogP contribution is -2.51. The van der Waals surface area contributed by atoms with Crippen molar-refractivity contribution in [2.24, 2.45) is 5.41 Å². The van der Waals surface area contributed by atoms with E-state index in [4.69, 9.17) is 9.47 Å². The summed E-state index contributed by atoms with van der Waals surface area (Å²) in [6, 6.07) is 1.30. The van der Waals surface area contributed by atoms with E-state index in [0.717, 1.165) is 18.2 Å². The van der Waals surface area contributed by atoms with Crippen molar-refractivity contribution in [3.05, 3.63) is 35.4 Å². The molecule has 0 aliphatic heterocycles. The van der Waals surface area contributed by atoms with Crippen LogP contribution in [0.15, 0.2) is 18.2 Å². The van der Waals surface area contributed by atoms with Crippen LogP contribution in [0.5, 0.6) is 0 Å². The van der Waals surface area contributed by atoms with Crippen LogP contribution in [0, 0.1) is 17.0 Å². The highest BCUT2D eigenvalue weighted by Crippen LogP contribution is 2.21. The van der Waals surface area contributed by atoms with Gasteiger partial charge in [0, 0.05) is 0 Å². The Balaban J connectivity index is 2.81. The van der Waals surface area contributed by atoms with Gasteiger partial charge in [0.1, 0.15) is 23.3 Å². The summed E-state index contributed by atoms with van der Waals surface area (Å²) < 4.78 is 36.8. The van der Waals surface area contributed by atoms with E-state index in [1.54, 1.807) is 41.5 Å². The number of amides is 1. The van der Waals surface area contributed by atoms with Crippen molar-refractivity contribution in [3.63, 3.8) is 0 Å². The number of alkyl carbamates (subject to hydrolysis) is 1. The molecule has 150 valence electrons. The van der Waals surface area contributed by atoms with Crippen LogP contribution in [-0.2, 0) is 14.3 Å². The molecule has 0 bridgehead atoms. The number of halogens is 2. The van der Waals surface area contributed by atoms with Gasteiger partial charge in [0.2, 0.25) is 5.78 Å². The van der Waals surface area contributed by atoms with E-state index in [1.165, 1.54) is 0 Å². The molecule has 0 unspecified atom stereocenters. The Kier molecular flexibility index (Phi) is 7.05. The average molecular weight is 385 g/mol. The fourth-order valence-electron chi connectivity index (χ4n) is 2.06. The summed E-state index contributed by atoms with van der Waals surface area (Å²) >= 11 is 0. The van der Waals surface area contributed by atoms with Crippen LogP contribution in [0.1, 0.15) is 51.9 Å². The summed E-state index contributed by atoms with van der Waals surface area (Å²) in [7, 11) is 0. The lowest BCUT2D eigenvalue weighted by molar-refractivity contribution is -0.147. The molecule has 0 aromatic heterocycles. The fourth-order valence-corrected chi connectivity index (χ4v) is 2.06. The highest BCUT2D eigenvalue weighted by atomic mass is 19.1. The highest BCUT2D eigenvalue weighted by Gasteiger charge is 2.35. The van der Waals surface area contributed by atoms with Crippen molar-refractivity contribution < 1.29 is 32.6 Å². The molecule has 0 spiro atoms. The smallest absolute Gasteiger partial charge is 0.408 e. The number of carbonyl (C=O) groups is 3. The largest absolute Gasteiger partial charge is 0.456 e. The average Bonchev–Trinajstić information content (AvgIpc) is 2.49. The Hall–Kier alpha value is -2.51. The van der Waals surface area contributed by atoms with Gasteiger partial charge < -0.3 is 14.8 Å². The maximum atomic E-state index is 13.6. The third kappa shape index (κ3) is 7.32. The monoisotopic (exact) mass is 385 g/mol. The number of nitrogens with one attached hydrogen (secondary N) is 1. The van der Waals surface area contributed by atoms with Gasteiger partial charge in [0.05, 0.1) is 5.56 Å². The number of esters is 1. The van der Waals surface area contributed by atoms with Gasteiger partial charge in [-0.1, -0.05) is 20.8 Å². The first kappa shape index (κ1) is 22.5. The summed E-state index contributed by atoms with van der Waals surface area (Å²) in [5.41, 5.74) is -2.03. The third-order valence-electron chi connectivity index (χ3n) is 3.34. The van der Waals surface area contributed by atoms with Crippen LogP contribution in [0.2, 0.25) is 0 Å². The first-order valence-electron chi connectivity index (χ1n) is 8.35. The second-order valence-corrected chi connectivity index (χ2v) is 8.10. The molecule has 0 saturated heterocycles. The Morgan fingerprint density at radius 1 is 1.07 bits per heavy atom. The number of carbonyl (C=O) groups excluding carboxylic acids is 3. The van der Waals surface area contributed by atoms with Gasteiger partial charge in [0.25, 0.3) is 0 Å². The zero-order valence-corrected chi connectivity index (χ0v) is 16.3. The van der Waals surface area contributed by atoms with E-state index in [2.05, 4.69) is 5.32 Å². The van der Waals surface area contributed by atoms with Crippen LogP contribution < -0.4 is 5.32 Å². The van der Waals surface area contributed by atoms with E-state index in [1.807, 2.05) is 0 Å². The Labute approximate surface area is 157 Å². The minimum absolute atomic E-state index is 0.518. The van der Waals surface area contributed by atoms with Crippen LogP contribution in [0.4, 0.5) is 13.6 Å². The predicted octanol–water partition coefficient (Wildman–Crippen LogP) is 3.63. The first-order chi connectivity index (χ1) is 12.2. The minimum Gasteiger partial charge on any atom is -0.456 e. The number of ether oxygens (including phenoxy) is 2. The molecule has 0 aliphatic rings. The number of hydrogen-bond acceptors (Lipinski definition) is 5. The molecule has 27 heavy (non-hydrogen) atoms. The third-order valence-corrected chi connectivity index (χ3v) is 3.34. The van der Waals surface area contributed by atoms with Crippen LogP contribution in [0.25, 0.3) is 0 Å². The number of hydrogen-bond donors (Lipinski definition) is 1. The predicted molar refractivity (Wildman–Crippen MR) is 94.3 cm³/mol. The molecule has 0 heterocycles. The maximum absolute atomic E-state index is 13.6. The maximum Gasteiger partial charge on any atom is 0.408 e. The number of Topliss-reactive ketones (excluding diaryl/α,β-unsaturated/α-hetero) is 1. The fraction of sp³-hybridized carbons (Fsp3) is 0.526. The van der Waals surface area contributed by atoms with Crippen molar-refractivity contribution in [2.45, 2.75) is 53.2 Å². The number of ketones is 1. The molecule has 8 heteroatoms. The lowest BCUT2D eigenvalue weighted by atomic mass is 9.87. The molecule has 6 nitrogen and oxygen atoms in total. The van der Waals surface area contributed by atoms with Crippen molar-refractivity contribution >= 4 is 17.8 Å². The van der Waals surface area contributed by atoms with Crippen molar-refractivity contribution in [1.29, 1.82) is 0 Å². The zero-order valence-electron chi connectivity index (χ0n) is 16.3. The quantitative estimate of drug-likeness (QED) is 0.618. The van der Waals surface area contributed by atoms with Crippen molar-refractivity contribution in [2.75, 3.05) is 6.61 Å². The summed E-state index contributed by atoms with van der Waals surface area (Å²) in [5.74, 6) is -3.49. The van der Waals surface area contributed by atoms with Crippen LogP contribution in [-0.4, -0.2) is 36.1 Å². The summed E-state index contributed by atoms with van der Waals surface area (Å²) in [5, 5.41) is 2.42. The molecular weight excluding hydrogens is 360 g/mol. The molecule has 0 fully saturated rings. The van der Waals surface area contributed by atoms with Crippen molar-refractivity contribution in [1.82, 2.24) is 5.32 Å². The van der Waals surface area contributed by atoms with E-state index in [-0.39, 0.29) is 0 Å². The molecule has 1 atom stereocenters. The molecule has 1 amide bonds. The zero-order chi connectivity index (χ0) is 21.0. The molecule has 1 rings (SSSR count). The second kappa shape index (κ2) is 8.45. The summed E-state index contributed by atoms with van der Waals surface area (Å²) in [4.78, 5) is 36.3. The molecule has 1 aromatic carbocycles.